The van der Waals surface area contributed by atoms with E-state index in [2.05, 4.69) is 25.7 Å². The second-order valence-corrected chi connectivity index (χ2v) is 6.34. The van der Waals surface area contributed by atoms with Crippen molar-refractivity contribution in [2.24, 2.45) is 0 Å². The van der Waals surface area contributed by atoms with Gasteiger partial charge in [0.15, 0.2) is 5.82 Å². The number of hydrogen-bond acceptors (Lipinski definition) is 5. The monoisotopic (exact) mass is 345 g/mol. The van der Waals surface area contributed by atoms with Gasteiger partial charge in [0.25, 0.3) is 0 Å². The molecule has 3 aromatic rings. The second-order valence-electron chi connectivity index (χ2n) is 6.34. The number of benzene rings is 2. The predicted molar refractivity (Wildman–Crippen MR) is 97.3 cm³/mol. The Kier molecular flexibility index (Phi) is 4.38. The van der Waals surface area contributed by atoms with Crippen LogP contribution in [0.2, 0.25) is 0 Å². The lowest BCUT2D eigenvalue weighted by molar-refractivity contribution is 0.209. The molecule has 0 atom stereocenters. The van der Waals surface area contributed by atoms with Crippen LogP contribution in [0.4, 0.5) is 0 Å². The molecule has 2 aromatic carbocycles. The van der Waals surface area contributed by atoms with Crippen LogP contribution in [0.15, 0.2) is 48.5 Å². The van der Waals surface area contributed by atoms with Crippen LogP contribution in [0.3, 0.4) is 0 Å². The lowest BCUT2D eigenvalue weighted by atomic mass is 10.1. The van der Waals surface area contributed by atoms with Gasteiger partial charge in [-0.3, -0.25) is 4.90 Å². The number of hydrogen-bond donors (Lipinski definition) is 0. The number of ether oxygens (including phenoxy) is 1. The summed E-state index contributed by atoms with van der Waals surface area (Å²) in [7, 11) is 1.66. The zero-order valence-corrected chi connectivity index (χ0v) is 14.6. The summed E-state index contributed by atoms with van der Waals surface area (Å²) in [5, 5.41) is 17.7. The SMILES string of the molecule is COc1ccc(-c2nnc3n2CCN(Cc2ccc(C#N)cc2)C3)cc1. The van der Waals surface area contributed by atoms with Crippen LogP contribution in [-0.4, -0.2) is 33.3 Å². The molecular formula is C20H19N5O. The first-order valence-corrected chi connectivity index (χ1v) is 8.55. The summed E-state index contributed by atoms with van der Waals surface area (Å²) >= 11 is 0. The topological polar surface area (TPSA) is 67.0 Å². The minimum Gasteiger partial charge on any atom is -0.497 e. The average Bonchev–Trinajstić information content (AvgIpc) is 3.12. The molecule has 4 rings (SSSR count). The van der Waals surface area contributed by atoms with Gasteiger partial charge in [-0.15, -0.1) is 10.2 Å². The van der Waals surface area contributed by atoms with Crippen molar-refractivity contribution in [3.63, 3.8) is 0 Å². The van der Waals surface area contributed by atoms with Gasteiger partial charge in [0.1, 0.15) is 11.6 Å². The number of rotatable bonds is 4. The molecule has 1 aliphatic rings. The van der Waals surface area contributed by atoms with Gasteiger partial charge in [0.05, 0.1) is 25.3 Å². The van der Waals surface area contributed by atoms with Crippen LogP contribution in [0.5, 0.6) is 5.75 Å². The highest BCUT2D eigenvalue weighted by atomic mass is 16.5. The number of fused-ring (bicyclic) bond motifs is 1. The van der Waals surface area contributed by atoms with Crippen molar-refractivity contribution in [3.8, 4) is 23.2 Å². The maximum absolute atomic E-state index is 8.90. The van der Waals surface area contributed by atoms with E-state index in [9.17, 15) is 0 Å². The molecule has 0 spiro atoms. The van der Waals surface area contributed by atoms with E-state index in [1.165, 1.54) is 5.56 Å². The van der Waals surface area contributed by atoms with Crippen molar-refractivity contribution < 1.29 is 4.74 Å². The van der Waals surface area contributed by atoms with E-state index in [-0.39, 0.29) is 0 Å². The first-order valence-electron chi connectivity index (χ1n) is 8.55. The Bertz CT molecular complexity index is 938. The van der Waals surface area contributed by atoms with E-state index >= 15 is 0 Å². The minimum atomic E-state index is 0.691. The Balaban J connectivity index is 1.49. The van der Waals surface area contributed by atoms with Crippen molar-refractivity contribution in [2.75, 3.05) is 13.7 Å². The summed E-state index contributed by atoms with van der Waals surface area (Å²) in [6, 6.07) is 17.8. The van der Waals surface area contributed by atoms with Crippen molar-refractivity contribution >= 4 is 0 Å². The highest BCUT2D eigenvalue weighted by molar-refractivity contribution is 5.56. The van der Waals surface area contributed by atoms with Gasteiger partial charge in [-0.05, 0) is 42.0 Å². The summed E-state index contributed by atoms with van der Waals surface area (Å²) in [6.45, 7) is 3.41. The summed E-state index contributed by atoms with van der Waals surface area (Å²) in [6.07, 6.45) is 0. The number of aromatic nitrogens is 3. The zero-order chi connectivity index (χ0) is 17.9. The Morgan fingerprint density at radius 2 is 1.81 bits per heavy atom. The lowest BCUT2D eigenvalue weighted by Crippen LogP contribution is -2.33. The van der Waals surface area contributed by atoms with Gasteiger partial charge in [-0.25, -0.2) is 0 Å². The van der Waals surface area contributed by atoms with Crippen molar-refractivity contribution in [3.05, 3.63) is 65.5 Å². The van der Waals surface area contributed by atoms with E-state index in [0.717, 1.165) is 49.1 Å². The summed E-state index contributed by atoms with van der Waals surface area (Å²) in [4.78, 5) is 2.35. The number of nitriles is 1. The maximum Gasteiger partial charge on any atom is 0.164 e. The van der Waals surface area contributed by atoms with Gasteiger partial charge in [-0.2, -0.15) is 5.26 Å². The summed E-state index contributed by atoms with van der Waals surface area (Å²) < 4.78 is 7.41. The Hall–Kier alpha value is -3.17. The van der Waals surface area contributed by atoms with Crippen LogP contribution in [0, 0.1) is 11.3 Å². The van der Waals surface area contributed by atoms with Gasteiger partial charge in [0, 0.05) is 25.2 Å². The molecule has 26 heavy (non-hydrogen) atoms. The molecular weight excluding hydrogens is 326 g/mol. The van der Waals surface area contributed by atoms with Crippen LogP contribution in [-0.2, 0) is 19.6 Å². The molecule has 130 valence electrons. The van der Waals surface area contributed by atoms with Crippen molar-refractivity contribution in [2.45, 2.75) is 19.6 Å². The van der Waals surface area contributed by atoms with Crippen LogP contribution >= 0.6 is 0 Å². The first kappa shape index (κ1) is 16.3. The van der Waals surface area contributed by atoms with Gasteiger partial charge in [-0.1, -0.05) is 12.1 Å². The van der Waals surface area contributed by atoms with Gasteiger partial charge < -0.3 is 9.30 Å². The van der Waals surface area contributed by atoms with E-state index in [1.54, 1.807) is 7.11 Å². The predicted octanol–water partition coefficient (Wildman–Crippen LogP) is 2.84. The normalized spacial score (nSPS) is 13.8. The molecule has 1 aromatic heterocycles. The Morgan fingerprint density at radius 1 is 1.04 bits per heavy atom. The quantitative estimate of drug-likeness (QED) is 0.727. The van der Waals surface area contributed by atoms with E-state index in [0.29, 0.717) is 5.56 Å². The molecule has 0 bridgehead atoms. The van der Waals surface area contributed by atoms with Crippen LogP contribution in [0.1, 0.15) is 17.0 Å². The Morgan fingerprint density at radius 3 is 2.50 bits per heavy atom. The fourth-order valence-corrected chi connectivity index (χ4v) is 3.24. The van der Waals surface area contributed by atoms with Crippen LogP contribution in [0.25, 0.3) is 11.4 Å². The van der Waals surface area contributed by atoms with Crippen molar-refractivity contribution in [1.82, 2.24) is 19.7 Å². The van der Waals surface area contributed by atoms with E-state index in [4.69, 9.17) is 10.00 Å². The number of nitrogens with zero attached hydrogens (tertiary/aromatic N) is 5. The first-order chi connectivity index (χ1) is 12.8. The third-order valence-electron chi connectivity index (χ3n) is 4.67. The molecule has 0 N–H and O–H groups in total. The molecule has 0 radical (unpaired) electrons. The molecule has 1 aliphatic heterocycles. The Labute approximate surface area is 152 Å². The number of methoxy groups -OCH3 is 1. The average molecular weight is 345 g/mol. The highest BCUT2D eigenvalue weighted by Crippen LogP contribution is 2.24. The molecule has 0 fully saturated rings. The van der Waals surface area contributed by atoms with Crippen molar-refractivity contribution in [1.29, 1.82) is 5.26 Å². The molecule has 0 saturated carbocycles. The largest absolute Gasteiger partial charge is 0.497 e. The fourth-order valence-electron chi connectivity index (χ4n) is 3.24. The summed E-state index contributed by atoms with van der Waals surface area (Å²) in [5.41, 5.74) is 2.94. The summed E-state index contributed by atoms with van der Waals surface area (Å²) in [5.74, 6) is 2.72. The fraction of sp³-hybridized carbons (Fsp3) is 0.250. The third-order valence-corrected chi connectivity index (χ3v) is 4.67. The molecule has 0 unspecified atom stereocenters. The molecule has 2 heterocycles. The van der Waals surface area contributed by atoms with Crippen LogP contribution < -0.4 is 4.74 Å². The smallest absolute Gasteiger partial charge is 0.164 e. The third kappa shape index (κ3) is 3.17. The van der Waals surface area contributed by atoms with Gasteiger partial charge >= 0.3 is 0 Å². The molecule has 0 aliphatic carbocycles. The molecule has 0 saturated heterocycles. The second kappa shape index (κ2) is 6.98. The molecule has 0 amide bonds. The highest BCUT2D eigenvalue weighted by Gasteiger charge is 2.21. The minimum absolute atomic E-state index is 0.691. The van der Waals surface area contributed by atoms with Gasteiger partial charge in [0.2, 0.25) is 0 Å². The van der Waals surface area contributed by atoms with E-state index < -0.39 is 0 Å². The molecule has 6 nitrogen and oxygen atoms in total. The van der Waals surface area contributed by atoms with E-state index in [1.807, 2.05) is 48.5 Å². The lowest BCUT2D eigenvalue weighted by Gasteiger charge is -2.27. The molecule has 6 heteroatoms. The maximum atomic E-state index is 8.90. The standard InChI is InChI=1S/C20H19N5O/c1-26-18-8-6-17(7-9-18)20-23-22-19-14-24(10-11-25(19)20)13-16-4-2-15(12-21)3-5-16/h2-9H,10-11,13-14H2,1H3. The zero-order valence-electron chi connectivity index (χ0n) is 14.6.